The number of thiophene rings is 1. The van der Waals surface area contributed by atoms with E-state index in [0.717, 1.165) is 42.2 Å². The minimum Gasteiger partial charge on any atom is -0.481 e. The topological polar surface area (TPSA) is 58.6 Å². The average molecular weight is 372 g/mol. The molecule has 2 aromatic rings. The van der Waals surface area contributed by atoms with Crippen LogP contribution in [-0.2, 0) is 0 Å². The SMILES string of the molecule is COc1cc(N(C2CC2)C2CCN(C(=O)c3sccc3C)CC2)ncn1. The number of carbonyl (C=O) groups excluding carboxylic acids is 1. The van der Waals surface area contributed by atoms with Crippen LogP contribution in [0.15, 0.2) is 23.8 Å². The van der Waals surface area contributed by atoms with Crippen LogP contribution in [0.3, 0.4) is 0 Å². The molecule has 0 N–H and O–H groups in total. The van der Waals surface area contributed by atoms with Gasteiger partial charge in [-0.2, -0.15) is 0 Å². The molecule has 2 aromatic heterocycles. The third-order valence-corrected chi connectivity index (χ3v) is 6.25. The minimum absolute atomic E-state index is 0.178. The number of rotatable bonds is 5. The summed E-state index contributed by atoms with van der Waals surface area (Å²) in [5.74, 6) is 1.72. The molecule has 138 valence electrons. The number of nitrogens with zero attached hydrogens (tertiary/aromatic N) is 4. The third-order valence-electron chi connectivity index (χ3n) is 5.24. The van der Waals surface area contributed by atoms with Crippen molar-refractivity contribution in [1.82, 2.24) is 14.9 Å². The smallest absolute Gasteiger partial charge is 0.264 e. The zero-order chi connectivity index (χ0) is 18.1. The second-order valence-electron chi connectivity index (χ2n) is 7.01. The Morgan fingerprint density at radius 1 is 1.23 bits per heavy atom. The molecule has 1 aliphatic carbocycles. The minimum atomic E-state index is 0.178. The molecule has 0 atom stereocenters. The summed E-state index contributed by atoms with van der Waals surface area (Å²) < 4.78 is 5.26. The molecule has 0 spiro atoms. The molecule has 1 saturated carbocycles. The van der Waals surface area contributed by atoms with E-state index in [1.807, 2.05) is 29.3 Å². The molecule has 4 rings (SSSR count). The highest BCUT2D eigenvalue weighted by Gasteiger charge is 2.37. The van der Waals surface area contributed by atoms with Crippen molar-refractivity contribution in [2.75, 3.05) is 25.1 Å². The van der Waals surface area contributed by atoms with E-state index in [1.165, 1.54) is 12.8 Å². The van der Waals surface area contributed by atoms with Gasteiger partial charge >= 0.3 is 0 Å². The predicted molar refractivity (Wildman–Crippen MR) is 102 cm³/mol. The van der Waals surface area contributed by atoms with Gasteiger partial charge in [0.1, 0.15) is 12.1 Å². The van der Waals surface area contributed by atoms with Crippen LogP contribution >= 0.6 is 11.3 Å². The van der Waals surface area contributed by atoms with Crippen molar-refractivity contribution >= 4 is 23.1 Å². The highest BCUT2D eigenvalue weighted by molar-refractivity contribution is 7.12. The number of anilines is 1. The summed E-state index contributed by atoms with van der Waals surface area (Å²) in [7, 11) is 1.63. The molecule has 2 aliphatic rings. The maximum absolute atomic E-state index is 12.7. The van der Waals surface area contributed by atoms with Crippen LogP contribution in [0.5, 0.6) is 5.88 Å². The zero-order valence-electron chi connectivity index (χ0n) is 15.2. The van der Waals surface area contributed by atoms with Crippen molar-refractivity contribution in [2.24, 2.45) is 0 Å². The molecule has 26 heavy (non-hydrogen) atoms. The molecule has 7 heteroatoms. The van der Waals surface area contributed by atoms with E-state index in [9.17, 15) is 4.79 Å². The predicted octanol–water partition coefficient (Wildman–Crippen LogP) is 3.13. The lowest BCUT2D eigenvalue weighted by molar-refractivity contribution is 0.0716. The fraction of sp³-hybridized carbons (Fsp3) is 0.526. The van der Waals surface area contributed by atoms with Gasteiger partial charge in [0.25, 0.3) is 5.91 Å². The molecule has 1 amide bonds. The first-order chi connectivity index (χ1) is 12.7. The average Bonchev–Trinajstić information content (AvgIpc) is 3.41. The second-order valence-corrected chi connectivity index (χ2v) is 7.93. The summed E-state index contributed by atoms with van der Waals surface area (Å²) in [4.78, 5) is 26.7. The summed E-state index contributed by atoms with van der Waals surface area (Å²) in [6, 6.07) is 4.91. The Morgan fingerprint density at radius 2 is 1.96 bits per heavy atom. The third kappa shape index (κ3) is 3.40. The van der Waals surface area contributed by atoms with Crippen molar-refractivity contribution < 1.29 is 9.53 Å². The Labute approximate surface area is 157 Å². The molecule has 0 radical (unpaired) electrons. The standard InChI is InChI=1S/C19H24N4O2S/c1-13-7-10-26-18(13)19(24)22-8-5-15(6-9-22)23(14-3-4-14)16-11-17(25-2)21-12-20-16/h7,10-12,14-15H,3-6,8-9H2,1-2H3. The van der Waals surface area contributed by atoms with E-state index in [2.05, 4.69) is 14.9 Å². The first-order valence-electron chi connectivity index (χ1n) is 9.15. The Kier molecular flexibility index (Phi) is 4.80. The molecular formula is C19H24N4O2S. The number of ether oxygens (including phenoxy) is 1. The number of piperidine rings is 1. The van der Waals surface area contributed by atoms with Gasteiger partial charge in [-0.25, -0.2) is 9.97 Å². The Bertz CT molecular complexity index is 781. The number of hydrogen-bond donors (Lipinski definition) is 0. The van der Waals surface area contributed by atoms with Crippen LogP contribution in [-0.4, -0.2) is 53.1 Å². The van der Waals surface area contributed by atoms with Crippen LogP contribution < -0.4 is 9.64 Å². The summed E-state index contributed by atoms with van der Waals surface area (Å²) in [5.41, 5.74) is 1.08. The van der Waals surface area contributed by atoms with Gasteiger partial charge in [-0.3, -0.25) is 4.79 Å². The van der Waals surface area contributed by atoms with E-state index in [4.69, 9.17) is 4.74 Å². The van der Waals surface area contributed by atoms with Crippen LogP contribution in [0.2, 0.25) is 0 Å². The number of hydrogen-bond acceptors (Lipinski definition) is 6. The number of aryl methyl sites for hydroxylation is 1. The number of amides is 1. The van der Waals surface area contributed by atoms with Crippen molar-refractivity contribution in [2.45, 2.75) is 44.7 Å². The lowest BCUT2D eigenvalue weighted by Crippen LogP contribution is -2.48. The molecule has 1 aliphatic heterocycles. The van der Waals surface area contributed by atoms with Crippen LogP contribution in [0.4, 0.5) is 5.82 Å². The van der Waals surface area contributed by atoms with E-state index >= 15 is 0 Å². The molecule has 0 unspecified atom stereocenters. The van der Waals surface area contributed by atoms with E-state index < -0.39 is 0 Å². The maximum atomic E-state index is 12.7. The Hall–Kier alpha value is -2.15. The van der Waals surface area contributed by atoms with E-state index in [-0.39, 0.29) is 5.91 Å². The van der Waals surface area contributed by atoms with Gasteiger partial charge in [0.2, 0.25) is 5.88 Å². The quantitative estimate of drug-likeness (QED) is 0.807. The first kappa shape index (κ1) is 17.3. The summed E-state index contributed by atoms with van der Waals surface area (Å²) in [6.45, 7) is 3.60. The fourth-order valence-electron chi connectivity index (χ4n) is 3.69. The van der Waals surface area contributed by atoms with E-state index in [0.29, 0.717) is 18.0 Å². The molecule has 1 saturated heterocycles. The van der Waals surface area contributed by atoms with Crippen molar-refractivity contribution in [1.29, 1.82) is 0 Å². The van der Waals surface area contributed by atoms with Crippen molar-refractivity contribution in [3.63, 3.8) is 0 Å². The molecule has 0 bridgehead atoms. The first-order valence-corrected chi connectivity index (χ1v) is 10.0. The zero-order valence-corrected chi connectivity index (χ0v) is 16.0. The van der Waals surface area contributed by atoms with Gasteiger partial charge in [0.05, 0.1) is 12.0 Å². The largest absolute Gasteiger partial charge is 0.481 e. The van der Waals surface area contributed by atoms with Gasteiger partial charge in [0.15, 0.2) is 0 Å². The van der Waals surface area contributed by atoms with Gasteiger partial charge in [-0.1, -0.05) is 0 Å². The highest BCUT2D eigenvalue weighted by atomic mass is 32.1. The summed E-state index contributed by atoms with van der Waals surface area (Å²) in [5, 5.41) is 1.99. The monoisotopic (exact) mass is 372 g/mol. The van der Waals surface area contributed by atoms with E-state index in [1.54, 1.807) is 24.8 Å². The lowest BCUT2D eigenvalue weighted by Gasteiger charge is -2.39. The van der Waals surface area contributed by atoms with Crippen molar-refractivity contribution in [3.8, 4) is 5.88 Å². The molecule has 3 heterocycles. The van der Waals surface area contributed by atoms with Crippen molar-refractivity contribution in [3.05, 3.63) is 34.3 Å². The maximum Gasteiger partial charge on any atom is 0.264 e. The molecule has 2 fully saturated rings. The number of likely N-dealkylation sites (tertiary alicyclic amines) is 1. The normalized spacial score (nSPS) is 18.0. The molecule has 0 aromatic carbocycles. The number of methoxy groups -OCH3 is 1. The molecule has 6 nitrogen and oxygen atoms in total. The Balaban J connectivity index is 1.45. The number of carbonyl (C=O) groups is 1. The highest BCUT2D eigenvalue weighted by Crippen LogP contribution is 2.36. The van der Waals surface area contributed by atoms with Crippen LogP contribution in [0.25, 0.3) is 0 Å². The van der Waals surface area contributed by atoms with Gasteiger partial charge < -0.3 is 14.5 Å². The fourth-order valence-corrected chi connectivity index (χ4v) is 4.58. The van der Waals surface area contributed by atoms with Crippen LogP contribution in [0, 0.1) is 6.92 Å². The second kappa shape index (κ2) is 7.23. The van der Waals surface area contributed by atoms with Gasteiger partial charge in [0, 0.05) is 31.2 Å². The molecular weight excluding hydrogens is 348 g/mol. The van der Waals surface area contributed by atoms with Gasteiger partial charge in [-0.05, 0) is 49.6 Å². The Morgan fingerprint density at radius 3 is 2.58 bits per heavy atom. The number of aromatic nitrogens is 2. The summed E-state index contributed by atoms with van der Waals surface area (Å²) >= 11 is 1.54. The van der Waals surface area contributed by atoms with Gasteiger partial charge in [-0.15, -0.1) is 11.3 Å². The summed E-state index contributed by atoms with van der Waals surface area (Å²) in [6.07, 6.45) is 5.93. The van der Waals surface area contributed by atoms with Crippen LogP contribution in [0.1, 0.15) is 40.9 Å². The lowest BCUT2D eigenvalue weighted by atomic mass is 10.0.